The summed E-state index contributed by atoms with van der Waals surface area (Å²) in [5, 5.41) is 2.64. The molecule has 0 saturated heterocycles. The standard InChI is InChI=1S/C20H32NO6P/c1-3-26-28(23,27-4-2)19(16-24-18-13-9-6-10-14-18)21-20(22)25-15-17-11-7-5-8-12-17/h5,7-8,11-12,18-19H,3-4,6,9-10,13-16H2,1-2H3,(H,21,22). The second-order valence-electron chi connectivity index (χ2n) is 6.69. The normalized spacial score (nSPS) is 16.5. The van der Waals surface area contributed by atoms with Crippen molar-refractivity contribution in [1.29, 1.82) is 0 Å². The van der Waals surface area contributed by atoms with Gasteiger partial charge in [0.1, 0.15) is 6.61 Å². The van der Waals surface area contributed by atoms with Gasteiger partial charge in [0.25, 0.3) is 0 Å². The van der Waals surface area contributed by atoms with Gasteiger partial charge in [0.15, 0.2) is 5.78 Å². The molecule has 1 aliphatic rings. The number of rotatable bonds is 11. The summed E-state index contributed by atoms with van der Waals surface area (Å²) in [6, 6.07) is 9.36. The lowest BCUT2D eigenvalue weighted by Crippen LogP contribution is -2.40. The van der Waals surface area contributed by atoms with Gasteiger partial charge in [-0.25, -0.2) is 4.79 Å². The van der Waals surface area contributed by atoms with Gasteiger partial charge >= 0.3 is 13.7 Å². The van der Waals surface area contributed by atoms with Crippen LogP contribution in [0.3, 0.4) is 0 Å². The minimum atomic E-state index is -3.58. The molecule has 1 aliphatic carbocycles. The van der Waals surface area contributed by atoms with Gasteiger partial charge in [-0.15, -0.1) is 0 Å². The van der Waals surface area contributed by atoms with Crippen LogP contribution < -0.4 is 5.32 Å². The molecule has 1 N–H and O–H groups in total. The summed E-state index contributed by atoms with van der Waals surface area (Å²) in [4.78, 5) is 12.3. The van der Waals surface area contributed by atoms with Gasteiger partial charge in [-0.05, 0) is 32.3 Å². The summed E-state index contributed by atoms with van der Waals surface area (Å²) in [6.45, 7) is 4.06. The zero-order valence-electron chi connectivity index (χ0n) is 16.8. The summed E-state index contributed by atoms with van der Waals surface area (Å²) in [6.07, 6.45) is 4.82. The number of benzene rings is 1. The summed E-state index contributed by atoms with van der Waals surface area (Å²) < 4.78 is 35.2. The van der Waals surface area contributed by atoms with E-state index in [-0.39, 0.29) is 32.5 Å². The van der Waals surface area contributed by atoms with Crippen molar-refractivity contribution >= 4 is 13.7 Å². The molecule has 8 heteroatoms. The van der Waals surface area contributed by atoms with Crippen molar-refractivity contribution in [3.8, 4) is 0 Å². The molecule has 158 valence electrons. The molecule has 1 atom stereocenters. The van der Waals surface area contributed by atoms with E-state index in [4.69, 9.17) is 18.5 Å². The predicted octanol–water partition coefficient (Wildman–Crippen LogP) is 4.85. The molecule has 1 amide bonds. The van der Waals surface area contributed by atoms with Crippen molar-refractivity contribution in [3.05, 3.63) is 35.9 Å². The highest BCUT2D eigenvalue weighted by molar-refractivity contribution is 7.54. The summed E-state index contributed by atoms with van der Waals surface area (Å²) >= 11 is 0. The smallest absolute Gasteiger partial charge is 0.408 e. The largest absolute Gasteiger partial charge is 0.445 e. The van der Waals surface area contributed by atoms with E-state index in [2.05, 4.69) is 5.32 Å². The fourth-order valence-corrected chi connectivity index (χ4v) is 4.84. The van der Waals surface area contributed by atoms with Crippen LogP contribution in [0.4, 0.5) is 4.79 Å². The van der Waals surface area contributed by atoms with Crippen LogP contribution in [-0.2, 0) is 29.7 Å². The monoisotopic (exact) mass is 413 g/mol. The van der Waals surface area contributed by atoms with Crippen molar-refractivity contribution in [3.63, 3.8) is 0 Å². The molecule has 1 aromatic carbocycles. The fourth-order valence-electron chi connectivity index (χ4n) is 3.15. The number of carbonyl (C=O) groups excluding carboxylic acids is 1. The van der Waals surface area contributed by atoms with E-state index in [0.29, 0.717) is 0 Å². The van der Waals surface area contributed by atoms with Gasteiger partial charge in [-0.2, -0.15) is 0 Å². The first-order valence-electron chi connectivity index (χ1n) is 10.0. The first-order chi connectivity index (χ1) is 13.6. The number of amides is 1. The minimum Gasteiger partial charge on any atom is -0.445 e. The number of ether oxygens (including phenoxy) is 2. The molecule has 1 unspecified atom stereocenters. The van der Waals surface area contributed by atoms with E-state index < -0.39 is 19.5 Å². The Bertz CT molecular complexity index is 610. The van der Waals surface area contributed by atoms with Gasteiger partial charge in [0.2, 0.25) is 0 Å². The summed E-state index contributed by atoms with van der Waals surface area (Å²) in [7, 11) is -3.58. The van der Waals surface area contributed by atoms with Crippen LogP contribution in [0.1, 0.15) is 51.5 Å². The highest BCUT2D eigenvalue weighted by Crippen LogP contribution is 2.52. The molecule has 0 radical (unpaired) electrons. The number of alkyl carbamates (subject to hydrolysis) is 1. The average Bonchev–Trinajstić information content (AvgIpc) is 2.71. The first kappa shape index (κ1) is 22.9. The first-order valence-corrected chi connectivity index (χ1v) is 11.7. The van der Waals surface area contributed by atoms with E-state index in [1.807, 2.05) is 30.3 Å². The topological polar surface area (TPSA) is 83.1 Å². The lowest BCUT2D eigenvalue weighted by Gasteiger charge is -2.29. The Kier molecular flexibility index (Phi) is 9.99. The molecule has 0 heterocycles. The second-order valence-corrected chi connectivity index (χ2v) is 8.91. The molecule has 1 aromatic rings. The molecule has 0 aromatic heterocycles. The lowest BCUT2D eigenvalue weighted by atomic mass is 9.98. The molecular formula is C20H32NO6P. The number of hydrogen-bond donors (Lipinski definition) is 1. The van der Waals surface area contributed by atoms with Crippen molar-refractivity contribution < 1.29 is 27.9 Å². The van der Waals surface area contributed by atoms with Crippen molar-refractivity contribution in [2.24, 2.45) is 0 Å². The SMILES string of the molecule is CCOP(=O)(OCC)C(COC1CCCCC1)NC(=O)OCc1ccccc1. The van der Waals surface area contributed by atoms with Crippen LogP contribution in [-0.4, -0.2) is 37.8 Å². The molecular weight excluding hydrogens is 381 g/mol. The van der Waals surface area contributed by atoms with Gasteiger partial charge in [0, 0.05) is 0 Å². The molecule has 0 bridgehead atoms. The third-order valence-corrected chi connectivity index (χ3v) is 6.82. The molecule has 0 spiro atoms. The van der Waals surface area contributed by atoms with Crippen LogP contribution in [0.15, 0.2) is 30.3 Å². The van der Waals surface area contributed by atoms with Gasteiger partial charge < -0.3 is 23.8 Å². The van der Waals surface area contributed by atoms with Gasteiger partial charge in [-0.1, -0.05) is 49.6 Å². The molecule has 28 heavy (non-hydrogen) atoms. The number of carbonyl (C=O) groups is 1. The summed E-state index contributed by atoms with van der Waals surface area (Å²) in [5.41, 5.74) is 0.866. The molecule has 1 fully saturated rings. The number of hydrogen-bond acceptors (Lipinski definition) is 6. The maximum absolute atomic E-state index is 13.2. The van der Waals surface area contributed by atoms with Crippen molar-refractivity contribution in [2.45, 2.75) is 64.4 Å². The third kappa shape index (κ3) is 7.55. The van der Waals surface area contributed by atoms with Crippen LogP contribution >= 0.6 is 7.60 Å². The van der Waals surface area contributed by atoms with Crippen LogP contribution in [0, 0.1) is 0 Å². The van der Waals surface area contributed by atoms with E-state index in [9.17, 15) is 9.36 Å². The quantitative estimate of drug-likeness (QED) is 0.522. The molecule has 7 nitrogen and oxygen atoms in total. The van der Waals surface area contributed by atoms with Crippen molar-refractivity contribution in [1.82, 2.24) is 5.32 Å². The molecule has 2 rings (SSSR count). The summed E-state index contributed by atoms with van der Waals surface area (Å²) in [5.74, 6) is -0.919. The number of nitrogens with one attached hydrogen (secondary N) is 1. The van der Waals surface area contributed by atoms with Gasteiger partial charge in [-0.3, -0.25) is 4.57 Å². The Morgan fingerprint density at radius 3 is 2.36 bits per heavy atom. The fraction of sp³-hybridized carbons (Fsp3) is 0.650. The average molecular weight is 413 g/mol. The highest BCUT2D eigenvalue weighted by atomic mass is 31.2. The van der Waals surface area contributed by atoms with E-state index in [0.717, 1.165) is 31.2 Å². The zero-order chi connectivity index (χ0) is 20.2. The molecule has 1 saturated carbocycles. The maximum Gasteiger partial charge on any atom is 0.408 e. The molecule has 0 aliphatic heterocycles. The highest BCUT2D eigenvalue weighted by Gasteiger charge is 2.38. The Morgan fingerprint density at radius 1 is 1.11 bits per heavy atom. The van der Waals surface area contributed by atoms with E-state index >= 15 is 0 Å². The van der Waals surface area contributed by atoms with E-state index in [1.54, 1.807) is 13.8 Å². The lowest BCUT2D eigenvalue weighted by molar-refractivity contribution is 0.0200. The Balaban J connectivity index is 1.98. The third-order valence-electron chi connectivity index (χ3n) is 4.54. The van der Waals surface area contributed by atoms with Crippen LogP contribution in [0.2, 0.25) is 0 Å². The van der Waals surface area contributed by atoms with Gasteiger partial charge in [0.05, 0.1) is 25.9 Å². The van der Waals surface area contributed by atoms with Crippen molar-refractivity contribution in [2.75, 3.05) is 19.8 Å². The second kappa shape index (κ2) is 12.2. The minimum absolute atomic E-state index is 0.0579. The predicted molar refractivity (Wildman–Crippen MR) is 107 cm³/mol. The Morgan fingerprint density at radius 2 is 1.75 bits per heavy atom. The Hall–Kier alpha value is -1.40. The van der Waals surface area contributed by atoms with Crippen LogP contribution in [0.5, 0.6) is 0 Å². The van der Waals surface area contributed by atoms with Crippen LogP contribution in [0.25, 0.3) is 0 Å². The zero-order valence-corrected chi connectivity index (χ0v) is 17.7. The van der Waals surface area contributed by atoms with E-state index in [1.165, 1.54) is 6.42 Å². The Labute approximate surface area is 167 Å². The maximum atomic E-state index is 13.2.